The maximum absolute atomic E-state index is 10.4. The molecule has 0 aliphatic heterocycles. The molecule has 0 saturated carbocycles. The zero-order valence-electron chi connectivity index (χ0n) is 4.92. The molecule has 4 heteroatoms. The van der Waals surface area contributed by atoms with Crippen LogP contribution in [0.1, 0.15) is 6.92 Å². The number of carbonyl (C=O) groups excluding carboxylic acids is 1. The molecule has 0 spiro atoms. The number of allylic oxidation sites excluding steroid dienone is 2. The SMILES string of the molecule is C/C=C\C(=O)BBO. The third-order valence-electron chi connectivity index (χ3n) is 0.711. The van der Waals surface area contributed by atoms with Crippen molar-refractivity contribution in [2.45, 2.75) is 6.92 Å². The highest BCUT2D eigenvalue weighted by molar-refractivity contribution is 7.14. The molecule has 0 bridgehead atoms. The first-order valence-corrected chi connectivity index (χ1v) is 2.57. The van der Waals surface area contributed by atoms with Crippen molar-refractivity contribution in [2.24, 2.45) is 0 Å². The first-order chi connectivity index (χ1) is 3.81. The highest BCUT2D eigenvalue weighted by atomic mass is 16.2. The third kappa shape index (κ3) is 3.68. The minimum atomic E-state index is -0.0524. The van der Waals surface area contributed by atoms with Gasteiger partial charge in [-0.3, -0.25) is 0 Å². The van der Waals surface area contributed by atoms with Gasteiger partial charge in [-0.25, -0.2) is 0 Å². The molecule has 0 aromatic heterocycles. The Kier molecular flexibility index (Phi) is 4.36. The van der Waals surface area contributed by atoms with Crippen LogP contribution in [-0.2, 0) is 4.79 Å². The summed E-state index contributed by atoms with van der Waals surface area (Å²) in [4.78, 5) is 10.4. The quantitative estimate of drug-likeness (QED) is 0.365. The predicted octanol–water partition coefficient (Wildman–Crippen LogP) is -1.22. The topological polar surface area (TPSA) is 37.3 Å². The van der Waals surface area contributed by atoms with Gasteiger partial charge >= 0.3 is 0 Å². The zero-order chi connectivity index (χ0) is 6.41. The van der Waals surface area contributed by atoms with Gasteiger partial charge in [-0.1, -0.05) is 6.08 Å². The van der Waals surface area contributed by atoms with Gasteiger partial charge < -0.3 is 9.82 Å². The van der Waals surface area contributed by atoms with Gasteiger partial charge in [-0.05, 0) is 13.0 Å². The fourth-order valence-electron chi connectivity index (χ4n) is 0.379. The van der Waals surface area contributed by atoms with E-state index in [0.717, 1.165) is 0 Å². The fourth-order valence-corrected chi connectivity index (χ4v) is 0.379. The zero-order valence-corrected chi connectivity index (χ0v) is 4.92. The normalized spacial score (nSPS) is 9.25. The van der Waals surface area contributed by atoms with Gasteiger partial charge in [0.2, 0.25) is 14.5 Å². The van der Waals surface area contributed by atoms with E-state index in [0.29, 0.717) is 0 Å². The van der Waals surface area contributed by atoms with Gasteiger partial charge in [0.25, 0.3) is 0 Å². The number of rotatable bonds is 3. The summed E-state index contributed by atoms with van der Waals surface area (Å²) in [7, 11) is 0.188. The molecule has 0 fully saturated rings. The second kappa shape index (κ2) is 4.65. The molecule has 0 aromatic carbocycles. The Morgan fingerprint density at radius 3 is 2.75 bits per heavy atom. The number of carbonyl (C=O) groups is 1. The highest BCUT2D eigenvalue weighted by Gasteiger charge is 1.96. The molecule has 0 heterocycles. The van der Waals surface area contributed by atoms with E-state index in [1.807, 2.05) is 0 Å². The van der Waals surface area contributed by atoms with Gasteiger partial charge in [0.1, 0.15) is 5.68 Å². The van der Waals surface area contributed by atoms with Gasteiger partial charge in [0.05, 0.1) is 0 Å². The lowest BCUT2D eigenvalue weighted by molar-refractivity contribution is -0.107. The van der Waals surface area contributed by atoms with Crippen LogP contribution >= 0.6 is 0 Å². The molecule has 2 nitrogen and oxygen atoms in total. The van der Waals surface area contributed by atoms with Gasteiger partial charge in [-0.15, -0.1) is 0 Å². The van der Waals surface area contributed by atoms with E-state index in [1.54, 1.807) is 13.0 Å². The van der Waals surface area contributed by atoms with Crippen LogP contribution < -0.4 is 0 Å². The van der Waals surface area contributed by atoms with Crippen LogP contribution in [0.2, 0.25) is 0 Å². The summed E-state index contributed by atoms with van der Waals surface area (Å²) >= 11 is 0. The van der Waals surface area contributed by atoms with Crippen molar-refractivity contribution >= 4 is 20.2 Å². The van der Waals surface area contributed by atoms with Crippen LogP contribution in [0.3, 0.4) is 0 Å². The second-order valence-electron chi connectivity index (χ2n) is 1.44. The maximum Gasteiger partial charge on any atom is 0.240 e. The van der Waals surface area contributed by atoms with Crippen LogP contribution in [0.25, 0.3) is 0 Å². The van der Waals surface area contributed by atoms with Crippen LogP contribution in [0, 0.1) is 0 Å². The van der Waals surface area contributed by atoms with Crippen molar-refractivity contribution in [3.05, 3.63) is 12.2 Å². The van der Waals surface area contributed by atoms with E-state index >= 15 is 0 Å². The molecule has 0 atom stereocenters. The monoisotopic (exact) mass is 110 g/mol. The average molecular weight is 110 g/mol. The molecule has 0 rings (SSSR count). The molecule has 0 aliphatic carbocycles. The van der Waals surface area contributed by atoms with Crippen molar-refractivity contribution in [3.63, 3.8) is 0 Å². The first kappa shape index (κ1) is 7.50. The molecule has 0 amide bonds. The van der Waals surface area contributed by atoms with E-state index in [2.05, 4.69) is 0 Å². The van der Waals surface area contributed by atoms with Crippen LogP contribution in [0.15, 0.2) is 12.2 Å². The van der Waals surface area contributed by atoms with Crippen LogP contribution in [0.5, 0.6) is 0 Å². The smallest absolute Gasteiger partial charge is 0.240 e. The predicted molar refractivity (Wildman–Crippen MR) is 36.3 cm³/mol. The summed E-state index contributed by atoms with van der Waals surface area (Å²) in [5.74, 6) is 0. The Hall–Kier alpha value is -0.500. The third-order valence-corrected chi connectivity index (χ3v) is 0.711. The Labute approximate surface area is 50.1 Å². The lowest BCUT2D eigenvalue weighted by atomic mass is 9.47. The van der Waals surface area contributed by atoms with Crippen molar-refractivity contribution in [2.75, 3.05) is 0 Å². The van der Waals surface area contributed by atoms with Gasteiger partial charge in [0, 0.05) is 0 Å². The van der Waals surface area contributed by atoms with E-state index < -0.39 is 0 Å². The minimum absolute atomic E-state index is 0.0185. The Bertz CT molecular complexity index is 100. The second-order valence-corrected chi connectivity index (χ2v) is 1.44. The molecule has 0 saturated heterocycles. The van der Waals surface area contributed by atoms with E-state index in [4.69, 9.17) is 5.02 Å². The first-order valence-electron chi connectivity index (χ1n) is 2.57. The number of hydrogen-bond donors (Lipinski definition) is 1. The van der Waals surface area contributed by atoms with Crippen molar-refractivity contribution in [3.8, 4) is 0 Å². The molecule has 8 heavy (non-hydrogen) atoms. The summed E-state index contributed by atoms with van der Waals surface area (Å²) < 4.78 is 0. The molecule has 0 aliphatic rings. The van der Waals surface area contributed by atoms with Gasteiger partial charge in [-0.2, -0.15) is 0 Å². The summed E-state index contributed by atoms with van der Waals surface area (Å²) in [6.45, 7) is 1.77. The van der Waals surface area contributed by atoms with Crippen LogP contribution in [0.4, 0.5) is 0 Å². The van der Waals surface area contributed by atoms with Crippen LogP contribution in [-0.4, -0.2) is 25.3 Å². The fraction of sp³-hybridized carbons (Fsp3) is 0.250. The molecular formula is C4H8B2O2. The molecule has 42 valence electrons. The molecular weight excluding hydrogens is 102 g/mol. The van der Waals surface area contributed by atoms with E-state index in [-0.39, 0.29) is 20.2 Å². The lowest BCUT2D eigenvalue weighted by Crippen LogP contribution is -2.12. The summed E-state index contributed by atoms with van der Waals surface area (Å²) in [6.07, 6.45) is 3.12. The Morgan fingerprint density at radius 2 is 2.38 bits per heavy atom. The standard InChI is InChI=1S/C4H8B2O2/c1-2-3-4(7)5-6-8/h2-3,5-6,8H,1H3/b3-2-. The van der Waals surface area contributed by atoms with Gasteiger partial charge in [0.15, 0.2) is 0 Å². The van der Waals surface area contributed by atoms with Crippen molar-refractivity contribution in [1.82, 2.24) is 0 Å². The largest absolute Gasteiger partial charge is 0.462 e. The minimum Gasteiger partial charge on any atom is -0.462 e. The summed E-state index contributed by atoms with van der Waals surface area (Å²) in [5, 5.41) is 8.21. The molecule has 0 radical (unpaired) electrons. The summed E-state index contributed by atoms with van der Waals surface area (Å²) in [5.41, 5.74) is -0.0185. The summed E-state index contributed by atoms with van der Waals surface area (Å²) in [6, 6.07) is 0. The maximum atomic E-state index is 10.4. The highest BCUT2D eigenvalue weighted by Crippen LogP contribution is 1.70. The van der Waals surface area contributed by atoms with Crippen molar-refractivity contribution < 1.29 is 9.82 Å². The Balaban J connectivity index is 3.33. The molecule has 1 N–H and O–H groups in total. The van der Waals surface area contributed by atoms with Crippen molar-refractivity contribution in [1.29, 1.82) is 0 Å². The molecule has 0 aromatic rings. The van der Waals surface area contributed by atoms with E-state index in [1.165, 1.54) is 6.08 Å². The lowest BCUT2D eigenvalue weighted by Gasteiger charge is -1.80. The molecule has 0 unspecified atom stereocenters. The number of hydrogen-bond acceptors (Lipinski definition) is 2. The van der Waals surface area contributed by atoms with E-state index in [9.17, 15) is 4.79 Å². The average Bonchev–Trinajstić information content (AvgIpc) is 1.68. The Morgan fingerprint density at radius 1 is 1.75 bits per heavy atom.